The summed E-state index contributed by atoms with van der Waals surface area (Å²) in [5.74, 6) is -1.21. The number of nitrogens with two attached hydrogens (primary N) is 1. The Morgan fingerprint density at radius 1 is 1.53 bits per heavy atom. The molecule has 0 aliphatic heterocycles. The normalized spacial score (nSPS) is 11.8. The smallest absolute Gasteiger partial charge is 0.374 e. The lowest BCUT2D eigenvalue weighted by Crippen LogP contribution is -2.08. The fraction of sp³-hybridized carbons (Fsp3) is 0.167. The van der Waals surface area contributed by atoms with E-state index in [1.54, 1.807) is 0 Å². The van der Waals surface area contributed by atoms with Crippen LogP contribution in [0.2, 0.25) is 0 Å². The maximum Gasteiger partial charge on any atom is 0.374 e. The molecule has 1 heterocycles. The third kappa shape index (κ3) is 2.58. The highest BCUT2D eigenvalue weighted by atomic mass is 35.7. The Balaban J connectivity index is 3.67. The lowest BCUT2D eigenvalue weighted by atomic mass is 10.2. The predicted molar refractivity (Wildman–Crippen MR) is 53.3 cm³/mol. The molecule has 0 atom stereocenters. The second-order valence-electron chi connectivity index (χ2n) is 2.77. The molecule has 1 aromatic heterocycles. The molecule has 1 aromatic rings. The zero-order valence-corrected chi connectivity index (χ0v) is 9.37. The Kier molecular flexibility index (Phi) is 3.48. The van der Waals surface area contributed by atoms with Crippen LogP contribution in [0.1, 0.15) is 12.0 Å². The molecule has 0 unspecified atom stereocenters. The molecule has 0 fully saturated rings. The largest absolute Gasteiger partial charge is 0.397 e. The fourth-order valence-electron chi connectivity index (χ4n) is 1.07. The van der Waals surface area contributed by atoms with Gasteiger partial charge in [0.1, 0.15) is 10.5 Å². The first-order valence-electron chi connectivity index (χ1n) is 3.81. The van der Waals surface area contributed by atoms with E-state index in [1.165, 1.54) is 0 Å². The van der Waals surface area contributed by atoms with Crippen LogP contribution in [0.5, 0.6) is 0 Å². The molecule has 0 saturated heterocycles. The Bertz CT molecular complexity index is 577. The van der Waals surface area contributed by atoms with Crippen molar-refractivity contribution in [3.05, 3.63) is 21.9 Å². The maximum absolute atomic E-state index is 12.6. The Hall–Kier alpha value is -1.55. The van der Waals surface area contributed by atoms with Crippen molar-refractivity contribution in [1.29, 1.82) is 0 Å². The van der Waals surface area contributed by atoms with Gasteiger partial charge >= 0.3 is 5.82 Å². The molecule has 2 N–H and O–H groups in total. The van der Waals surface area contributed by atoms with Gasteiger partial charge in [0, 0.05) is 10.7 Å². The lowest BCUT2D eigenvalue weighted by Gasteiger charge is -2.07. The van der Waals surface area contributed by atoms with Crippen molar-refractivity contribution < 1.29 is 22.1 Å². The van der Waals surface area contributed by atoms with Crippen molar-refractivity contribution in [3.63, 3.8) is 0 Å². The van der Waals surface area contributed by atoms with E-state index in [0.29, 0.717) is 6.20 Å². The van der Waals surface area contributed by atoms with Gasteiger partial charge in [-0.05, 0) is 9.91 Å². The Morgan fingerprint density at radius 2 is 2.06 bits per heavy atom. The highest BCUT2D eigenvalue weighted by Crippen LogP contribution is 2.36. The van der Waals surface area contributed by atoms with Gasteiger partial charge in [0.2, 0.25) is 0 Å². The monoisotopic (exact) mass is 287 g/mol. The van der Waals surface area contributed by atoms with Crippen LogP contribution in [-0.4, -0.2) is 18.3 Å². The van der Waals surface area contributed by atoms with E-state index in [-0.39, 0.29) is 0 Å². The summed E-state index contributed by atoms with van der Waals surface area (Å²) in [6.07, 6.45) is -2.89. The summed E-state index contributed by atoms with van der Waals surface area (Å²) in [6, 6.07) is 0. The van der Waals surface area contributed by atoms with Crippen molar-refractivity contribution >= 4 is 31.2 Å². The maximum atomic E-state index is 12.6. The molecule has 17 heavy (non-hydrogen) atoms. The summed E-state index contributed by atoms with van der Waals surface area (Å²) in [5, 5.41) is 10.4. The van der Waals surface area contributed by atoms with Gasteiger partial charge in [-0.25, -0.2) is 17.2 Å². The summed E-state index contributed by atoms with van der Waals surface area (Å²) < 4.78 is 47.0. The van der Waals surface area contributed by atoms with Crippen molar-refractivity contribution in [1.82, 2.24) is 4.98 Å². The van der Waals surface area contributed by atoms with Gasteiger partial charge in [0.15, 0.2) is 6.20 Å². The van der Waals surface area contributed by atoms with Gasteiger partial charge in [0.25, 0.3) is 15.5 Å². The molecule has 94 valence electrons. The number of anilines is 1. The van der Waals surface area contributed by atoms with E-state index in [0.717, 1.165) is 0 Å². The fourth-order valence-corrected chi connectivity index (χ4v) is 1.99. The molecule has 0 radical (unpaired) electrons. The van der Waals surface area contributed by atoms with Crippen molar-refractivity contribution in [3.8, 4) is 0 Å². The molecule has 0 aliphatic rings. The van der Waals surface area contributed by atoms with Crippen LogP contribution in [0, 0.1) is 10.1 Å². The van der Waals surface area contributed by atoms with E-state index in [4.69, 9.17) is 16.4 Å². The summed E-state index contributed by atoms with van der Waals surface area (Å²) >= 11 is 0. The van der Waals surface area contributed by atoms with E-state index in [1.807, 2.05) is 0 Å². The quantitative estimate of drug-likeness (QED) is 0.511. The number of rotatable bonds is 3. The molecule has 0 amide bonds. The number of hydrogen-bond donors (Lipinski definition) is 1. The zero-order valence-electron chi connectivity index (χ0n) is 7.80. The van der Waals surface area contributed by atoms with E-state index in [9.17, 15) is 27.3 Å². The van der Waals surface area contributed by atoms with Crippen molar-refractivity contribution in [2.45, 2.75) is 11.3 Å². The summed E-state index contributed by atoms with van der Waals surface area (Å²) in [7, 11) is 0.507. The number of halogens is 3. The van der Waals surface area contributed by atoms with E-state index < -0.39 is 42.4 Å². The predicted octanol–water partition coefficient (Wildman–Crippen LogP) is 1.44. The molecule has 7 nitrogen and oxygen atoms in total. The first-order chi connectivity index (χ1) is 7.66. The molecular weight excluding hydrogens is 284 g/mol. The van der Waals surface area contributed by atoms with E-state index in [2.05, 4.69) is 4.98 Å². The first-order valence-corrected chi connectivity index (χ1v) is 6.12. The second-order valence-corrected chi connectivity index (χ2v) is 5.30. The third-order valence-electron chi connectivity index (χ3n) is 1.75. The topological polar surface area (TPSA) is 116 Å². The average Bonchev–Trinajstić information content (AvgIpc) is 2.13. The number of nitrogens with zero attached hydrogens (tertiary/aromatic N) is 2. The highest BCUT2D eigenvalue weighted by molar-refractivity contribution is 8.13. The van der Waals surface area contributed by atoms with Crippen LogP contribution < -0.4 is 5.73 Å². The van der Waals surface area contributed by atoms with Gasteiger partial charge < -0.3 is 15.8 Å². The van der Waals surface area contributed by atoms with Crippen LogP contribution in [0.4, 0.5) is 20.3 Å². The molecule has 0 saturated carbocycles. The van der Waals surface area contributed by atoms with Gasteiger partial charge in [-0.2, -0.15) is 0 Å². The Morgan fingerprint density at radius 3 is 2.41 bits per heavy atom. The summed E-state index contributed by atoms with van der Waals surface area (Å²) in [4.78, 5) is 11.3. The average molecular weight is 288 g/mol. The summed E-state index contributed by atoms with van der Waals surface area (Å²) in [5.41, 5.74) is 2.88. The van der Waals surface area contributed by atoms with Crippen LogP contribution in [0.3, 0.4) is 0 Å². The van der Waals surface area contributed by atoms with Crippen molar-refractivity contribution in [2.75, 3.05) is 5.73 Å². The third-order valence-corrected chi connectivity index (χ3v) is 3.10. The number of nitro groups is 1. The molecule has 1 rings (SSSR count). The Labute approximate surface area is 97.8 Å². The molecule has 0 aliphatic carbocycles. The molecular formula is C6H4ClF2N3O4S. The molecule has 0 spiro atoms. The van der Waals surface area contributed by atoms with Gasteiger partial charge in [-0.1, -0.05) is 0 Å². The number of nitrogen functional groups attached to an aromatic ring is 1. The zero-order chi connectivity index (χ0) is 13.4. The van der Waals surface area contributed by atoms with E-state index >= 15 is 0 Å². The van der Waals surface area contributed by atoms with Gasteiger partial charge in [-0.15, -0.1) is 0 Å². The first kappa shape index (κ1) is 13.5. The molecule has 11 heteroatoms. The van der Waals surface area contributed by atoms with Crippen LogP contribution >= 0.6 is 10.7 Å². The number of hydrogen-bond acceptors (Lipinski definition) is 6. The minimum absolute atomic E-state index is 0.460. The molecule has 0 aromatic carbocycles. The number of pyridine rings is 1. The SMILES string of the molecule is Nc1c(S(=O)(=O)Cl)cnc([N+](=O)[O-])c1C(F)F. The van der Waals surface area contributed by atoms with Gasteiger partial charge in [0.05, 0.1) is 5.69 Å². The minimum Gasteiger partial charge on any atom is -0.397 e. The second kappa shape index (κ2) is 4.37. The highest BCUT2D eigenvalue weighted by Gasteiger charge is 2.31. The number of alkyl halides is 2. The van der Waals surface area contributed by atoms with Crippen LogP contribution in [0.25, 0.3) is 0 Å². The summed E-state index contributed by atoms with van der Waals surface area (Å²) in [6.45, 7) is 0. The minimum atomic E-state index is -4.40. The van der Waals surface area contributed by atoms with Gasteiger partial charge in [-0.3, -0.25) is 0 Å². The molecule has 0 bridgehead atoms. The standard InChI is InChI=1S/C6H4ClF2N3O4S/c7-17(15,16)2-1-11-6(12(13)14)3(4(2)10)5(8)9/h1,5H,(H2,10,11). The number of aromatic nitrogens is 1. The van der Waals surface area contributed by atoms with Crippen molar-refractivity contribution in [2.24, 2.45) is 0 Å². The van der Waals surface area contributed by atoms with Crippen LogP contribution in [-0.2, 0) is 9.05 Å². The van der Waals surface area contributed by atoms with Crippen LogP contribution in [0.15, 0.2) is 11.1 Å². The lowest BCUT2D eigenvalue weighted by molar-refractivity contribution is -0.391.